The number of hydrogen-bond donors (Lipinski definition) is 0. The Balaban J connectivity index is 1.80. The summed E-state index contributed by atoms with van der Waals surface area (Å²) < 4.78 is 5.81. The van der Waals surface area contributed by atoms with E-state index in [0.29, 0.717) is 5.92 Å². The van der Waals surface area contributed by atoms with Crippen LogP contribution in [-0.2, 0) is 0 Å². The highest BCUT2D eigenvalue weighted by Gasteiger charge is 2.13. The fourth-order valence-corrected chi connectivity index (χ4v) is 2.34. The molecule has 0 radical (unpaired) electrons. The minimum atomic E-state index is 0.702. The van der Waals surface area contributed by atoms with Crippen LogP contribution in [0.2, 0.25) is 0 Å². The van der Waals surface area contributed by atoms with Crippen LogP contribution in [0.1, 0.15) is 25.3 Å². The number of aliphatic imine (C=N–C) groups is 1. The zero-order chi connectivity index (χ0) is 13.8. The standard InChI is InChI=1S/C17H18N2O/c1-13-7-8-17(19-11-13)14-4-2-5-15(10-14)20-16-6-3-9-18-12-16/h2-6,9-10,12-13H,7-8,11H2,1H3/t13-/m0/s1. The highest BCUT2D eigenvalue weighted by Crippen LogP contribution is 2.24. The fraction of sp³-hybridized carbons (Fsp3) is 0.294. The predicted octanol–water partition coefficient (Wildman–Crippen LogP) is 4.09. The molecule has 3 heteroatoms. The van der Waals surface area contributed by atoms with Crippen LogP contribution >= 0.6 is 0 Å². The molecule has 3 nitrogen and oxygen atoms in total. The Morgan fingerprint density at radius 2 is 2.05 bits per heavy atom. The Morgan fingerprint density at radius 1 is 1.15 bits per heavy atom. The van der Waals surface area contributed by atoms with Crippen LogP contribution in [0.3, 0.4) is 0 Å². The van der Waals surface area contributed by atoms with Crippen molar-refractivity contribution < 1.29 is 4.74 Å². The molecule has 0 saturated heterocycles. The van der Waals surface area contributed by atoms with Crippen molar-refractivity contribution in [2.45, 2.75) is 19.8 Å². The van der Waals surface area contributed by atoms with Gasteiger partial charge in [0.1, 0.15) is 11.5 Å². The third-order valence-electron chi connectivity index (χ3n) is 3.51. The maximum absolute atomic E-state index is 5.81. The van der Waals surface area contributed by atoms with Gasteiger partial charge in [0.15, 0.2) is 0 Å². The van der Waals surface area contributed by atoms with Crippen molar-refractivity contribution in [2.75, 3.05) is 6.54 Å². The highest BCUT2D eigenvalue weighted by atomic mass is 16.5. The molecule has 1 aromatic heterocycles. The van der Waals surface area contributed by atoms with Crippen molar-refractivity contribution in [3.63, 3.8) is 0 Å². The van der Waals surface area contributed by atoms with Gasteiger partial charge in [-0.05, 0) is 48.6 Å². The summed E-state index contributed by atoms with van der Waals surface area (Å²) in [6.07, 6.45) is 5.72. The van der Waals surface area contributed by atoms with Gasteiger partial charge in [0, 0.05) is 18.5 Å². The van der Waals surface area contributed by atoms with Gasteiger partial charge in [0.25, 0.3) is 0 Å². The average molecular weight is 266 g/mol. The van der Waals surface area contributed by atoms with E-state index in [1.54, 1.807) is 12.4 Å². The van der Waals surface area contributed by atoms with E-state index in [1.165, 1.54) is 17.7 Å². The Hall–Kier alpha value is -2.16. The number of pyridine rings is 1. The van der Waals surface area contributed by atoms with E-state index in [1.807, 2.05) is 24.3 Å². The first-order valence-electron chi connectivity index (χ1n) is 7.03. The van der Waals surface area contributed by atoms with E-state index in [4.69, 9.17) is 4.74 Å². The molecule has 2 aromatic rings. The topological polar surface area (TPSA) is 34.5 Å². The minimum Gasteiger partial charge on any atom is -0.456 e. The summed E-state index contributed by atoms with van der Waals surface area (Å²) in [5.74, 6) is 2.29. The van der Waals surface area contributed by atoms with E-state index >= 15 is 0 Å². The Labute approximate surface area is 119 Å². The van der Waals surface area contributed by atoms with Gasteiger partial charge in [-0.15, -0.1) is 0 Å². The van der Waals surface area contributed by atoms with Gasteiger partial charge in [-0.3, -0.25) is 9.98 Å². The Morgan fingerprint density at radius 3 is 2.80 bits per heavy atom. The molecule has 0 bridgehead atoms. The predicted molar refractivity (Wildman–Crippen MR) is 80.6 cm³/mol. The summed E-state index contributed by atoms with van der Waals surface area (Å²) in [6.45, 7) is 3.19. The number of rotatable bonds is 3. The van der Waals surface area contributed by atoms with Crippen molar-refractivity contribution in [3.05, 3.63) is 54.4 Å². The summed E-state index contributed by atoms with van der Waals surface area (Å²) in [6, 6.07) is 11.9. The molecule has 1 aliphatic rings. The van der Waals surface area contributed by atoms with Gasteiger partial charge in [0.2, 0.25) is 0 Å². The molecule has 0 aliphatic carbocycles. The van der Waals surface area contributed by atoms with Gasteiger partial charge in [-0.1, -0.05) is 19.1 Å². The van der Waals surface area contributed by atoms with Crippen molar-refractivity contribution in [1.29, 1.82) is 0 Å². The molecule has 0 amide bonds. The van der Waals surface area contributed by atoms with Gasteiger partial charge < -0.3 is 4.74 Å². The SMILES string of the molecule is C[C@H]1CCC(c2cccc(Oc3cccnc3)c2)=NC1. The number of ether oxygens (including phenoxy) is 1. The summed E-state index contributed by atoms with van der Waals surface area (Å²) in [7, 11) is 0. The molecule has 0 spiro atoms. The molecule has 102 valence electrons. The van der Waals surface area contributed by atoms with Gasteiger partial charge in [-0.25, -0.2) is 0 Å². The van der Waals surface area contributed by atoms with Crippen LogP contribution in [0.15, 0.2) is 53.8 Å². The van der Waals surface area contributed by atoms with E-state index in [9.17, 15) is 0 Å². The lowest BCUT2D eigenvalue weighted by atomic mass is 9.96. The van der Waals surface area contributed by atoms with Crippen molar-refractivity contribution in [3.8, 4) is 11.5 Å². The highest BCUT2D eigenvalue weighted by molar-refractivity contribution is 6.01. The number of aromatic nitrogens is 1. The quantitative estimate of drug-likeness (QED) is 0.838. The third-order valence-corrected chi connectivity index (χ3v) is 3.51. The van der Waals surface area contributed by atoms with Gasteiger partial charge in [0.05, 0.1) is 6.20 Å². The molecule has 0 N–H and O–H groups in total. The molecular weight excluding hydrogens is 248 g/mol. The summed E-state index contributed by atoms with van der Waals surface area (Å²) in [5.41, 5.74) is 2.36. The van der Waals surface area contributed by atoms with E-state index in [2.05, 4.69) is 29.0 Å². The van der Waals surface area contributed by atoms with Crippen LogP contribution in [-0.4, -0.2) is 17.2 Å². The lowest BCUT2D eigenvalue weighted by molar-refractivity contribution is 0.480. The Kier molecular flexibility index (Phi) is 3.77. The van der Waals surface area contributed by atoms with Crippen LogP contribution in [0.25, 0.3) is 0 Å². The minimum absolute atomic E-state index is 0.702. The zero-order valence-corrected chi connectivity index (χ0v) is 11.6. The smallest absolute Gasteiger partial charge is 0.145 e. The summed E-state index contributed by atoms with van der Waals surface area (Å²) in [5, 5.41) is 0. The monoisotopic (exact) mass is 266 g/mol. The van der Waals surface area contributed by atoms with Gasteiger partial charge >= 0.3 is 0 Å². The molecule has 2 heterocycles. The first-order valence-corrected chi connectivity index (χ1v) is 7.03. The second kappa shape index (κ2) is 5.87. The molecular formula is C17H18N2O. The second-order valence-electron chi connectivity index (χ2n) is 5.25. The molecule has 0 unspecified atom stereocenters. The maximum atomic E-state index is 5.81. The lowest BCUT2D eigenvalue weighted by Crippen LogP contribution is -2.14. The van der Waals surface area contributed by atoms with Crippen molar-refractivity contribution >= 4 is 5.71 Å². The summed E-state index contributed by atoms with van der Waals surface area (Å²) in [4.78, 5) is 8.73. The average Bonchev–Trinajstić information content (AvgIpc) is 2.49. The van der Waals surface area contributed by atoms with Crippen molar-refractivity contribution in [2.24, 2.45) is 10.9 Å². The van der Waals surface area contributed by atoms with Crippen LogP contribution < -0.4 is 4.74 Å². The van der Waals surface area contributed by atoms with Gasteiger partial charge in [-0.2, -0.15) is 0 Å². The van der Waals surface area contributed by atoms with E-state index in [0.717, 1.165) is 24.5 Å². The largest absolute Gasteiger partial charge is 0.456 e. The zero-order valence-electron chi connectivity index (χ0n) is 11.6. The second-order valence-corrected chi connectivity index (χ2v) is 5.25. The van der Waals surface area contributed by atoms with Crippen molar-refractivity contribution in [1.82, 2.24) is 4.98 Å². The van der Waals surface area contributed by atoms with Crippen LogP contribution in [0.5, 0.6) is 11.5 Å². The molecule has 3 rings (SSSR count). The number of benzene rings is 1. The fourth-order valence-electron chi connectivity index (χ4n) is 2.34. The molecule has 1 aromatic carbocycles. The number of nitrogens with zero attached hydrogens (tertiary/aromatic N) is 2. The molecule has 20 heavy (non-hydrogen) atoms. The molecule has 0 saturated carbocycles. The summed E-state index contributed by atoms with van der Waals surface area (Å²) >= 11 is 0. The third kappa shape index (κ3) is 3.05. The first kappa shape index (κ1) is 12.9. The van der Waals surface area contributed by atoms with E-state index < -0.39 is 0 Å². The van der Waals surface area contributed by atoms with Crippen LogP contribution in [0.4, 0.5) is 0 Å². The lowest BCUT2D eigenvalue weighted by Gasteiger charge is -2.18. The van der Waals surface area contributed by atoms with E-state index in [-0.39, 0.29) is 0 Å². The maximum Gasteiger partial charge on any atom is 0.145 e. The normalized spacial score (nSPS) is 18.4. The molecule has 1 atom stereocenters. The van der Waals surface area contributed by atoms with Crippen LogP contribution in [0, 0.1) is 5.92 Å². The first-order chi connectivity index (χ1) is 9.81. The molecule has 1 aliphatic heterocycles. The molecule has 0 fully saturated rings. The Bertz CT molecular complexity index is 607. The number of hydrogen-bond acceptors (Lipinski definition) is 3.